The molecule has 0 aromatic heterocycles. The van der Waals surface area contributed by atoms with Gasteiger partial charge in [-0.2, -0.15) is 0 Å². The molecule has 0 unspecified atom stereocenters. The van der Waals surface area contributed by atoms with Crippen molar-refractivity contribution in [2.75, 3.05) is 26.4 Å². The average Bonchev–Trinajstić information content (AvgIpc) is 3.41. The van der Waals surface area contributed by atoms with Crippen LogP contribution in [0, 0.1) is 0 Å². The van der Waals surface area contributed by atoms with Gasteiger partial charge < -0.3 is 27.9 Å². The lowest BCUT2D eigenvalue weighted by atomic mass is 10.0. The van der Waals surface area contributed by atoms with Gasteiger partial charge in [-0.25, -0.2) is 0 Å². The first kappa shape index (κ1) is 58.4. The zero-order chi connectivity index (χ0) is 52.4. The maximum absolute atomic E-state index is 12.5. The molecule has 0 aliphatic rings. The van der Waals surface area contributed by atoms with Gasteiger partial charge in [0.1, 0.15) is 0 Å². The fraction of sp³-hybridized carbons (Fsp3) is 0.200. The summed E-state index contributed by atoms with van der Waals surface area (Å²) >= 11 is 5.73. The molecule has 8 aromatic carbocycles. The number of benzene rings is 8. The van der Waals surface area contributed by atoms with E-state index in [2.05, 4.69) is 60.7 Å². The van der Waals surface area contributed by atoms with Crippen LogP contribution < -0.4 is 0 Å². The summed E-state index contributed by atoms with van der Waals surface area (Å²) in [5, 5.41) is 0. The van der Waals surface area contributed by atoms with Crippen molar-refractivity contribution in [2.24, 2.45) is 0 Å². The molecule has 0 bridgehead atoms. The van der Waals surface area contributed by atoms with Crippen molar-refractivity contribution in [3.8, 4) is 44.5 Å². The van der Waals surface area contributed by atoms with Gasteiger partial charge in [-0.1, -0.05) is 218 Å². The van der Waals surface area contributed by atoms with Crippen molar-refractivity contribution in [3.63, 3.8) is 0 Å². The number of alkyl halides is 1. The van der Waals surface area contributed by atoms with E-state index in [4.69, 9.17) is 39.5 Å². The number of rotatable bonds is 19. The predicted octanol–water partition coefficient (Wildman–Crippen LogP) is 17.4. The Balaban J connectivity index is 0.000000182. The molecular formula is C60H66ClO9P3. The van der Waals surface area contributed by atoms with Gasteiger partial charge in [0.2, 0.25) is 0 Å². The van der Waals surface area contributed by atoms with Crippen molar-refractivity contribution in [2.45, 2.75) is 52.1 Å². The molecule has 382 valence electrons. The topological polar surface area (TPSA) is 129 Å². The Labute approximate surface area is 437 Å². The van der Waals surface area contributed by atoms with Crippen LogP contribution in [0.4, 0.5) is 0 Å². The smallest absolute Gasteiger partial charge is 0.324 e. The first-order chi connectivity index (χ1) is 35.3. The second kappa shape index (κ2) is 30.6. The summed E-state index contributed by atoms with van der Waals surface area (Å²) in [5.74, 6) is 0.578. The number of hydrogen-bond donors (Lipinski definition) is 2. The van der Waals surface area contributed by atoms with Gasteiger partial charge in [-0.3, -0.25) is 13.7 Å². The van der Waals surface area contributed by atoms with Gasteiger partial charge in [0, 0.05) is 5.88 Å². The lowest BCUT2D eigenvalue weighted by Crippen LogP contribution is -1.99. The molecular weight excluding hydrogens is 993 g/mol. The van der Waals surface area contributed by atoms with Gasteiger partial charge >= 0.3 is 22.8 Å². The molecule has 9 nitrogen and oxygen atoms in total. The first-order valence-corrected chi connectivity index (χ1v) is 30.0. The summed E-state index contributed by atoms with van der Waals surface area (Å²) in [6.07, 6.45) is 0.412. The molecule has 8 aromatic rings. The Hall–Kier alpha value is -5.50. The maximum atomic E-state index is 12.5. The second-order valence-electron chi connectivity index (χ2n) is 16.4. The van der Waals surface area contributed by atoms with Gasteiger partial charge in [0.25, 0.3) is 0 Å². The van der Waals surface area contributed by atoms with E-state index in [9.17, 15) is 13.7 Å². The van der Waals surface area contributed by atoms with E-state index in [0.717, 1.165) is 38.9 Å². The van der Waals surface area contributed by atoms with Crippen molar-refractivity contribution in [1.82, 2.24) is 0 Å². The van der Waals surface area contributed by atoms with Crippen LogP contribution >= 0.6 is 34.4 Å². The summed E-state index contributed by atoms with van der Waals surface area (Å²) in [4.78, 5) is 17.7. The molecule has 0 fully saturated rings. The monoisotopic (exact) mass is 1060 g/mol. The van der Waals surface area contributed by atoms with E-state index in [1.54, 1.807) is 12.1 Å². The largest absolute Gasteiger partial charge is 0.335 e. The van der Waals surface area contributed by atoms with E-state index in [-0.39, 0.29) is 6.16 Å². The Morgan fingerprint density at radius 1 is 0.315 bits per heavy atom. The fourth-order valence-electron chi connectivity index (χ4n) is 7.45. The molecule has 73 heavy (non-hydrogen) atoms. The highest BCUT2D eigenvalue weighted by Gasteiger charge is 2.25. The van der Waals surface area contributed by atoms with Crippen LogP contribution in [0.25, 0.3) is 44.5 Å². The molecule has 2 N–H and O–H groups in total. The molecule has 8 rings (SSSR count). The molecule has 13 heteroatoms. The van der Waals surface area contributed by atoms with Crippen molar-refractivity contribution in [1.29, 1.82) is 0 Å². The lowest BCUT2D eigenvalue weighted by Gasteiger charge is -2.17. The summed E-state index contributed by atoms with van der Waals surface area (Å²) in [5.41, 5.74) is 13.0. The number of hydrogen-bond acceptors (Lipinski definition) is 7. The minimum atomic E-state index is -3.97. The first-order valence-electron chi connectivity index (χ1n) is 24.2. The summed E-state index contributed by atoms with van der Waals surface area (Å²) in [7, 11) is -10.0. The molecule has 0 heterocycles. The summed E-state index contributed by atoms with van der Waals surface area (Å²) < 4.78 is 57.1. The Morgan fingerprint density at radius 2 is 0.521 bits per heavy atom. The van der Waals surface area contributed by atoms with E-state index < -0.39 is 22.8 Å². The highest BCUT2D eigenvalue weighted by molar-refractivity contribution is 7.53. The zero-order valence-corrected chi connectivity index (χ0v) is 45.4. The van der Waals surface area contributed by atoms with Crippen LogP contribution in [0.1, 0.15) is 49.9 Å². The summed E-state index contributed by atoms with van der Waals surface area (Å²) in [6.45, 7) is 8.85. The molecule has 0 amide bonds. The van der Waals surface area contributed by atoms with Crippen LogP contribution in [-0.4, -0.2) is 36.2 Å². The van der Waals surface area contributed by atoms with Gasteiger partial charge in [-0.05, 0) is 94.5 Å². The predicted molar refractivity (Wildman–Crippen MR) is 302 cm³/mol. The molecule has 0 spiro atoms. The minimum absolute atomic E-state index is 0.206. The molecule has 0 aliphatic heterocycles. The molecule has 0 radical (unpaired) electrons. The second-order valence-corrected chi connectivity index (χ2v) is 22.4. The van der Waals surface area contributed by atoms with Crippen LogP contribution in [0.3, 0.4) is 0 Å². The van der Waals surface area contributed by atoms with Crippen LogP contribution in [-0.2, 0) is 56.2 Å². The average molecular weight is 1060 g/mol. The van der Waals surface area contributed by atoms with Gasteiger partial charge in [0.05, 0.1) is 44.9 Å². The summed E-state index contributed by atoms with van der Waals surface area (Å²) in [6, 6.07) is 72.2. The third kappa shape index (κ3) is 20.7. The van der Waals surface area contributed by atoms with Crippen molar-refractivity contribution >= 4 is 34.4 Å². The Bertz CT molecular complexity index is 2790. The van der Waals surface area contributed by atoms with E-state index in [0.29, 0.717) is 50.2 Å². The minimum Gasteiger partial charge on any atom is -0.324 e. The van der Waals surface area contributed by atoms with E-state index in [1.807, 2.05) is 173 Å². The van der Waals surface area contributed by atoms with Crippen molar-refractivity contribution < 1.29 is 41.6 Å². The highest BCUT2D eigenvalue weighted by atomic mass is 35.5. The van der Waals surface area contributed by atoms with E-state index in [1.165, 1.54) is 22.3 Å². The normalized spacial score (nSPS) is 11.2. The molecule has 0 saturated carbocycles. The number of halogens is 1. The SMILES string of the molecule is CCOP(=O)(Cc1ccc(-c2ccccc2)cc1)OCC.CCOP(=O)(Cc1ccc(-c2ccccc2)cc1)OCC.ClCc1ccc(-c2ccccc2)cc1.O=P(O)(O)Cc1ccc(-c2ccccc2)cc1. The molecule has 0 aliphatic carbocycles. The van der Waals surface area contributed by atoms with Crippen molar-refractivity contribution in [3.05, 3.63) is 241 Å². The standard InChI is InChI=1S/2C17H21O3P.C13H11Cl.C13H13O3P/c2*1-3-19-21(18,20-4-2)14-15-10-12-17(13-11-15)16-8-6-5-7-9-16;14-10-11-6-8-13(9-7-11)12-4-2-1-3-5-12;14-17(15,16)10-11-6-8-13(9-7-11)12-4-2-1-3-5-12/h2*5-13H,3-4,14H2,1-2H3;1-9H,10H2;1-9H,10H2,(H2,14,15,16). The fourth-order valence-corrected chi connectivity index (χ4v) is 11.7. The van der Waals surface area contributed by atoms with E-state index >= 15 is 0 Å². The van der Waals surface area contributed by atoms with Gasteiger partial charge in [-0.15, -0.1) is 11.6 Å². The lowest BCUT2D eigenvalue weighted by molar-refractivity contribution is 0.218. The highest BCUT2D eigenvalue weighted by Crippen LogP contribution is 2.52. The van der Waals surface area contributed by atoms with Gasteiger partial charge in [0.15, 0.2) is 0 Å². The Morgan fingerprint density at radius 3 is 0.726 bits per heavy atom. The zero-order valence-electron chi connectivity index (χ0n) is 41.9. The third-order valence-corrected chi connectivity index (χ3v) is 16.0. The Kier molecular flexibility index (Phi) is 24.5. The molecule has 0 atom stereocenters. The van der Waals surface area contributed by atoms with Crippen LogP contribution in [0.5, 0.6) is 0 Å². The quantitative estimate of drug-likeness (QED) is 0.0601. The maximum Gasteiger partial charge on any atom is 0.335 e. The molecule has 0 saturated heterocycles. The third-order valence-electron chi connectivity index (χ3n) is 10.8. The van der Waals surface area contributed by atoms with Crippen LogP contribution in [0.2, 0.25) is 0 Å². The van der Waals surface area contributed by atoms with Crippen LogP contribution in [0.15, 0.2) is 218 Å².